The van der Waals surface area contributed by atoms with Crippen molar-refractivity contribution in [3.05, 3.63) is 48.0 Å². The van der Waals surface area contributed by atoms with Crippen molar-refractivity contribution in [3.8, 4) is 5.75 Å². The van der Waals surface area contributed by atoms with Gasteiger partial charge in [0.2, 0.25) is 5.91 Å². The van der Waals surface area contributed by atoms with Crippen molar-refractivity contribution in [2.24, 2.45) is 0 Å². The Kier molecular flexibility index (Phi) is 5.76. The fraction of sp³-hybridized carbons (Fsp3) is 0.409. The molecule has 1 aliphatic rings. The molecule has 1 N–H and O–H groups in total. The molecule has 1 aliphatic heterocycles. The highest BCUT2D eigenvalue weighted by Crippen LogP contribution is 2.25. The summed E-state index contributed by atoms with van der Waals surface area (Å²) in [5.41, 5.74) is 4.01. The summed E-state index contributed by atoms with van der Waals surface area (Å²) in [6, 6.07) is 14.1. The predicted molar refractivity (Wildman–Crippen MR) is 113 cm³/mol. The summed E-state index contributed by atoms with van der Waals surface area (Å²) < 4.78 is 7.48. The molecule has 152 valence electrons. The van der Waals surface area contributed by atoms with Crippen LogP contribution in [0.2, 0.25) is 0 Å². The second-order valence-corrected chi connectivity index (χ2v) is 7.54. The van der Waals surface area contributed by atoms with E-state index in [-0.39, 0.29) is 5.91 Å². The molecule has 4 rings (SSSR count). The Morgan fingerprint density at radius 2 is 1.93 bits per heavy atom. The van der Waals surface area contributed by atoms with Crippen LogP contribution in [-0.2, 0) is 4.79 Å². The molecule has 1 amide bonds. The van der Waals surface area contributed by atoms with Gasteiger partial charge in [0, 0.05) is 18.8 Å². The van der Waals surface area contributed by atoms with Gasteiger partial charge in [-0.05, 0) is 68.7 Å². The van der Waals surface area contributed by atoms with Gasteiger partial charge >= 0.3 is 0 Å². The fourth-order valence-electron chi connectivity index (χ4n) is 3.85. The van der Waals surface area contributed by atoms with Crippen molar-refractivity contribution < 1.29 is 9.53 Å². The summed E-state index contributed by atoms with van der Waals surface area (Å²) in [5.74, 6) is 0.817. The standard InChI is InChI=1S/C22H27N5O2/c1-3-29-19-7-5-17(6-8-19)23-22(28)15-26-12-10-18(11-13-26)27-21-9-4-16(2)14-20(21)24-25-27/h4-9,14,18H,3,10-13,15H2,1-2H3,(H,23,28). The van der Waals surface area contributed by atoms with E-state index in [0.717, 1.165) is 48.4 Å². The number of nitrogens with one attached hydrogen (secondary N) is 1. The van der Waals surface area contributed by atoms with Crippen molar-refractivity contribution in [2.45, 2.75) is 32.7 Å². The Balaban J connectivity index is 1.29. The van der Waals surface area contributed by atoms with Crippen molar-refractivity contribution in [3.63, 3.8) is 0 Å². The number of aromatic nitrogens is 3. The summed E-state index contributed by atoms with van der Waals surface area (Å²) in [6.45, 7) is 6.78. The van der Waals surface area contributed by atoms with Crippen LogP contribution in [0.3, 0.4) is 0 Å². The minimum Gasteiger partial charge on any atom is -0.494 e. The van der Waals surface area contributed by atoms with E-state index in [0.29, 0.717) is 19.2 Å². The third-order valence-corrected chi connectivity index (χ3v) is 5.35. The van der Waals surface area contributed by atoms with Crippen molar-refractivity contribution in [1.29, 1.82) is 0 Å². The largest absolute Gasteiger partial charge is 0.494 e. The summed E-state index contributed by atoms with van der Waals surface area (Å²) in [7, 11) is 0. The van der Waals surface area contributed by atoms with Gasteiger partial charge in [0.05, 0.1) is 24.7 Å². The van der Waals surface area contributed by atoms with E-state index in [1.54, 1.807) is 0 Å². The van der Waals surface area contributed by atoms with Gasteiger partial charge in [-0.3, -0.25) is 9.69 Å². The molecule has 29 heavy (non-hydrogen) atoms. The lowest BCUT2D eigenvalue weighted by Gasteiger charge is -2.31. The first-order valence-corrected chi connectivity index (χ1v) is 10.2. The average molecular weight is 393 g/mol. The number of hydrogen-bond acceptors (Lipinski definition) is 5. The maximum absolute atomic E-state index is 12.4. The number of amides is 1. The Bertz CT molecular complexity index is 975. The smallest absolute Gasteiger partial charge is 0.238 e. The maximum Gasteiger partial charge on any atom is 0.238 e. The highest BCUT2D eigenvalue weighted by atomic mass is 16.5. The molecule has 0 bridgehead atoms. The van der Waals surface area contributed by atoms with Gasteiger partial charge in [0.1, 0.15) is 11.3 Å². The summed E-state index contributed by atoms with van der Waals surface area (Å²) in [6.07, 6.45) is 1.92. The highest BCUT2D eigenvalue weighted by molar-refractivity contribution is 5.92. The fourth-order valence-corrected chi connectivity index (χ4v) is 3.85. The molecular weight excluding hydrogens is 366 g/mol. The second-order valence-electron chi connectivity index (χ2n) is 7.54. The normalized spacial score (nSPS) is 15.5. The zero-order valence-electron chi connectivity index (χ0n) is 17.0. The first-order valence-electron chi connectivity index (χ1n) is 10.2. The number of anilines is 1. The maximum atomic E-state index is 12.4. The Hall–Kier alpha value is -2.93. The lowest BCUT2D eigenvalue weighted by atomic mass is 10.0. The average Bonchev–Trinajstić information content (AvgIpc) is 3.13. The molecular formula is C22H27N5O2. The summed E-state index contributed by atoms with van der Waals surface area (Å²) >= 11 is 0. The van der Waals surface area contributed by atoms with Gasteiger partial charge in [-0.25, -0.2) is 4.68 Å². The molecule has 7 heteroatoms. The van der Waals surface area contributed by atoms with Gasteiger partial charge in [-0.15, -0.1) is 5.10 Å². The van der Waals surface area contributed by atoms with E-state index in [1.807, 2.05) is 35.9 Å². The third kappa shape index (κ3) is 4.56. The zero-order chi connectivity index (χ0) is 20.2. The minimum atomic E-state index is 0.00860. The first-order chi connectivity index (χ1) is 14.1. The van der Waals surface area contributed by atoms with Gasteiger partial charge in [0.15, 0.2) is 0 Å². The van der Waals surface area contributed by atoms with E-state index < -0.39 is 0 Å². The molecule has 0 aliphatic carbocycles. The topological polar surface area (TPSA) is 72.3 Å². The van der Waals surface area contributed by atoms with E-state index in [1.165, 1.54) is 5.56 Å². The number of carbonyl (C=O) groups is 1. The molecule has 2 aromatic carbocycles. The molecule has 1 fully saturated rings. The van der Waals surface area contributed by atoms with Crippen molar-refractivity contribution in [1.82, 2.24) is 19.9 Å². The Morgan fingerprint density at radius 3 is 2.66 bits per heavy atom. The first kappa shape index (κ1) is 19.4. The lowest BCUT2D eigenvalue weighted by molar-refractivity contribution is -0.117. The number of hydrogen-bond donors (Lipinski definition) is 1. The third-order valence-electron chi connectivity index (χ3n) is 5.35. The van der Waals surface area contributed by atoms with Crippen LogP contribution in [0, 0.1) is 6.92 Å². The van der Waals surface area contributed by atoms with Gasteiger partial charge < -0.3 is 10.1 Å². The molecule has 0 saturated carbocycles. The lowest BCUT2D eigenvalue weighted by Crippen LogP contribution is -2.39. The number of likely N-dealkylation sites (tertiary alicyclic amines) is 1. The van der Waals surface area contributed by atoms with Gasteiger partial charge in [0.25, 0.3) is 0 Å². The zero-order valence-corrected chi connectivity index (χ0v) is 17.0. The SMILES string of the molecule is CCOc1ccc(NC(=O)CN2CCC(n3nnc4cc(C)ccc43)CC2)cc1. The molecule has 1 aromatic heterocycles. The second kappa shape index (κ2) is 8.61. The Labute approximate surface area is 170 Å². The Morgan fingerprint density at radius 1 is 1.17 bits per heavy atom. The van der Waals surface area contributed by atoms with Crippen LogP contribution >= 0.6 is 0 Å². The van der Waals surface area contributed by atoms with Crippen molar-refractivity contribution >= 4 is 22.6 Å². The number of ether oxygens (including phenoxy) is 1. The molecule has 0 atom stereocenters. The number of carbonyl (C=O) groups excluding carboxylic acids is 1. The molecule has 2 heterocycles. The van der Waals surface area contributed by atoms with Crippen LogP contribution in [0.1, 0.15) is 31.4 Å². The summed E-state index contributed by atoms with van der Waals surface area (Å²) in [4.78, 5) is 14.6. The number of piperidine rings is 1. The number of fused-ring (bicyclic) bond motifs is 1. The molecule has 1 saturated heterocycles. The van der Waals surface area contributed by atoms with Crippen LogP contribution in [0.25, 0.3) is 11.0 Å². The van der Waals surface area contributed by atoms with Crippen LogP contribution in [0.5, 0.6) is 5.75 Å². The van der Waals surface area contributed by atoms with Gasteiger partial charge in [-0.1, -0.05) is 11.3 Å². The van der Waals surface area contributed by atoms with Gasteiger partial charge in [-0.2, -0.15) is 0 Å². The van der Waals surface area contributed by atoms with Crippen LogP contribution < -0.4 is 10.1 Å². The number of nitrogens with zero attached hydrogens (tertiary/aromatic N) is 4. The summed E-state index contributed by atoms with van der Waals surface area (Å²) in [5, 5.41) is 11.7. The molecule has 0 radical (unpaired) electrons. The number of benzene rings is 2. The minimum absolute atomic E-state index is 0.00860. The van der Waals surface area contributed by atoms with Crippen LogP contribution in [-0.4, -0.2) is 52.0 Å². The van der Waals surface area contributed by atoms with E-state index in [2.05, 4.69) is 45.7 Å². The molecule has 7 nitrogen and oxygen atoms in total. The van der Waals surface area contributed by atoms with E-state index in [9.17, 15) is 4.79 Å². The van der Waals surface area contributed by atoms with Crippen LogP contribution in [0.4, 0.5) is 5.69 Å². The predicted octanol–water partition coefficient (Wildman–Crippen LogP) is 3.41. The number of rotatable bonds is 6. The van der Waals surface area contributed by atoms with E-state index >= 15 is 0 Å². The van der Waals surface area contributed by atoms with Crippen LogP contribution in [0.15, 0.2) is 42.5 Å². The highest BCUT2D eigenvalue weighted by Gasteiger charge is 2.24. The molecule has 0 spiro atoms. The monoisotopic (exact) mass is 393 g/mol. The van der Waals surface area contributed by atoms with E-state index in [4.69, 9.17) is 4.74 Å². The van der Waals surface area contributed by atoms with Crippen molar-refractivity contribution in [2.75, 3.05) is 31.6 Å². The number of aryl methyl sites for hydroxylation is 1. The molecule has 0 unspecified atom stereocenters. The molecule has 3 aromatic rings. The quantitative estimate of drug-likeness (QED) is 0.695.